The predicted octanol–water partition coefficient (Wildman–Crippen LogP) is 3.60. The third-order valence-electron chi connectivity index (χ3n) is 3.67. The Morgan fingerprint density at radius 3 is 2.42 bits per heavy atom. The van der Waals surface area contributed by atoms with Gasteiger partial charge < -0.3 is 19.5 Å². The highest BCUT2D eigenvalue weighted by Gasteiger charge is 2.24. The maximum Gasteiger partial charge on any atom is 0.264 e. The Bertz CT molecular complexity index is 876. The maximum absolute atomic E-state index is 12.3. The van der Waals surface area contributed by atoms with Crippen LogP contribution in [0.3, 0.4) is 0 Å². The molecule has 1 saturated heterocycles. The molecule has 134 valence electrons. The molecule has 26 heavy (non-hydrogen) atoms. The van der Waals surface area contributed by atoms with E-state index in [2.05, 4.69) is 10.3 Å². The predicted molar refractivity (Wildman–Crippen MR) is 103 cm³/mol. The van der Waals surface area contributed by atoms with Crippen molar-refractivity contribution < 1.29 is 19.0 Å². The van der Waals surface area contributed by atoms with Gasteiger partial charge in [-0.05, 0) is 48.2 Å². The van der Waals surface area contributed by atoms with E-state index in [0.717, 1.165) is 17.0 Å². The lowest BCUT2D eigenvalue weighted by atomic mass is 10.1. The smallest absolute Gasteiger partial charge is 0.264 e. The lowest BCUT2D eigenvalue weighted by Gasteiger charge is -2.10. The molecule has 3 rings (SSSR count). The summed E-state index contributed by atoms with van der Waals surface area (Å²) in [6.45, 7) is 0. The van der Waals surface area contributed by atoms with Gasteiger partial charge in [0.05, 0.1) is 31.9 Å². The minimum atomic E-state index is -0.202. The Morgan fingerprint density at radius 2 is 1.77 bits per heavy atom. The zero-order valence-electron chi connectivity index (χ0n) is 14.6. The van der Waals surface area contributed by atoms with Gasteiger partial charge in [0.2, 0.25) is 0 Å². The summed E-state index contributed by atoms with van der Waals surface area (Å²) in [6.07, 6.45) is 1.76. The largest absolute Gasteiger partial charge is 0.497 e. The molecule has 0 bridgehead atoms. The van der Waals surface area contributed by atoms with Crippen molar-refractivity contribution in [3.05, 3.63) is 52.9 Å². The van der Waals surface area contributed by atoms with Crippen LogP contribution in [0, 0.1) is 0 Å². The molecule has 1 aliphatic rings. The van der Waals surface area contributed by atoms with Crippen molar-refractivity contribution in [1.29, 1.82) is 0 Å². The lowest BCUT2D eigenvalue weighted by Crippen LogP contribution is -2.19. The fourth-order valence-electron chi connectivity index (χ4n) is 2.42. The normalized spacial score (nSPS) is 16.7. The summed E-state index contributed by atoms with van der Waals surface area (Å²) in [5.74, 6) is 1.74. The molecule has 1 N–H and O–H groups in total. The van der Waals surface area contributed by atoms with E-state index in [1.807, 2.05) is 36.4 Å². The number of nitrogens with zero attached hydrogens (tertiary/aromatic N) is 1. The van der Waals surface area contributed by atoms with Crippen LogP contribution in [0.4, 0.5) is 5.69 Å². The second kappa shape index (κ2) is 7.97. The number of hydrogen-bond acceptors (Lipinski definition) is 6. The highest BCUT2D eigenvalue weighted by atomic mass is 32.2. The summed E-state index contributed by atoms with van der Waals surface area (Å²) in [5, 5.41) is 3.29. The van der Waals surface area contributed by atoms with Gasteiger partial charge in [-0.15, -0.1) is 0 Å². The molecule has 0 aliphatic carbocycles. The number of thioether (sulfide) groups is 1. The molecule has 0 aromatic heterocycles. The SMILES string of the molecule is COc1ccc(N=C2NC(=O)C(=Cc3cccc(OC)c3OC)S2)cc1. The van der Waals surface area contributed by atoms with Crippen LogP contribution in [-0.4, -0.2) is 32.4 Å². The number of rotatable bonds is 5. The molecular weight excluding hydrogens is 352 g/mol. The van der Waals surface area contributed by atoms with Crippen LogP contribution >= 0.6 is 11.8 Å². The number of aliphatic imine (C=N–C) groups is 1. The van der Waals surface area contributed by atoms with Crippen molar-refractivity contribution in [3.8, 4) is 17.2 Å². The average Bonchev–Trinajstić information content (AvgIpc) is 3.01. The zero-order valence-corrected chi connectivity index (χ0v) is 15.4. The molecule has 1 amide bonds. The van der Waals surface area contributed by atoms with Crippen molar-refractivity contribution in [1.82, 2.24) is 5.32 Å². The summed E-state index contributed by atoms with van der Waals surface area (Å²) in [7, 11) is 4.75. The number of carbonyl (C=O) groups is 1. The Balaban J connectivity index is 1.85. The Hall–Kier alpha value is -2.93. The molecular formula is C19H18N2O4S. The van der Waals surface area contributed by atoms with Gasteiger partial charge in [-0.2, -0.15) is 0 Å². The first-order chi connectivity index (χ1) is 12.6. The van der Waals surface area contributed by atoms with Crippen LogP contribution in [0.2, 0.25) is 0 Å². The molecule has 2 aromatic carbocycles. The van der Waals surface area contributed by atoms with Gasteiger partial charge in [0.15, 0.2) is 16.7 Å². The van der Waals surface area contributed by atoms with Gasteiger partial charge in [0.25, 0.3) is 5.91 Å². The van der Waals surface area contributed by atoms with Crippen molar-refractivity contribution >= 4 is 34.6 Å². The fraction of sp³-hybridized carbons (Fsp3) is 0.158. The molecule has 0 atom stereocenters. The van der Waals surface area contributed by atoms with E-state index >= 15 is 0 Å². The summed E-state index contributed by atoms with van der Waals surface area (Å²) >= 11 is 1.27. The zero-order chi connectivity index (χ0) is 18.5. The molecule has 0 unspecified atom stereocenters. The molecule has 2 aromatic rings. The third-order valence-corrected chi connectivity index (χ3v) is 4.58. The van der Waals surface area contributed by atoms with Crippen molar-refractivity contribution in [2.75, 3.05) is 21.3 Å². The van der Waals surface area contributed by atoms with Gasteiger partial charge in [0, 0.05) is 5.56 Å². The van der Waals surface area contributed by atoms with Crippen molar-refractivity contribution in [2.45, 2.75) is 0 Å². The Kier molecular flexibility index (Phi) is 5.48. The first kappa shape index (κ1) is 17.9. The quantitative estimate of drug-likeness (QED) is 0.815. The molecule has 0 radical (unpaired) electrons. The standard InChI is InChI=1S/C19H18N2O4S/c1-23-14-9-7-13(8-10-14)20-19-21-18(22)16(26-19)11-12-5-4-6-15(24-2)17(12)25-3/h4-11H,1-3H3,(H,20,21,22). The van der Waals surface area contributed by atoms with Crippen molar-refractivity contribution in [3.63, 3.8) is 0 Å². The minimum absolute atomic E-state index is 0.202. The highest BCUT2D eigenvalue weighted by molar-refractivity contribution is 8.18. The number of amidine groups is 1. The lowest BCUT2D eigenvalue weighted by molar-refractivity contribution is -0.115. The average molecular weight is 370 g/mol. The first-order valence-electron chi connectivity index (χ1n) is 7.79. The number of hydrogen-bond donors (Lipinski definition) is 1. The minimum Gasteiger partial charge on any atom is -0.497 e. The van der Waals surface area contributed by atoms with Crippen LogP contribution in [0.5, 0.6) is 17.2 Å². The third kappa shape index (κ3) is 3.83. The Morgan fingerprint density at radius 1 is 1.00 bits per heavy atom. The molecule has 0 saturated carbocycles. The van der Waals surface area contributed by atoms with Gasteiger partial charge in [-0.1, -0.05) is 12.1 Å². The molecule has 1 aliphatic heterocycles. The van der Waals surface area contributed by atoms with Gasteiger partial charge >= 0.3 is 0 Å². The van der Waals surface area contributed by atoms with Gasteiger partial charge in [0.1, 0.15) is 5.75 Å². The second-order valence-electron chi connectivity index (χ2n) is 5.26. The van der Waals surface area contributed by atoms with E-state index in [9.17, 15) is 4.79 Å². The number of benzene rings is 2. The molecule has 1 heterocycles. The number of carbonyl (C=O) groups excluding carboxylic acids is 1. The van der Waals surface area contributed by atoms with Crippen LogP contribution in [-0.2, 0) is 4.79 Å². The summed E-state index contributed by atoms with van der Waals surface area (Å²) in [6, 6.07) is 12.8. The molecule has 7 heteroatoms. The number of amides is 1. The number of ether oxygens (including phenoxy) is 3. The number of methoxy groups -OCH3 is 3. The second-order valence-corrected chi connectivity index (χ2v) is 6.29. The van der Waals surface area contributed by atoms with Crippen LogP contribution < -0.4 is 19.5 Å². The summed E-state index contributed by atoms with van der Waals surface area (Å²) in [4.78, 5) is 17.2. The van der Waals surface area contributed by atoms with E-state index in [-0.39, 0.29) is 5.91 Å². The monoisotopic (exact) mass is 370 g/mol. The van der Waals surface area contributed by atoms with E-state index in [1.54, 1.807) is 33.5 Å². The summed E-state index contributed by atoms with van der Waals surface area (Å²) < 4.78 is 15.8. The number of nitrogens with one attached hydrogen (secondary N) is 1. The van der Waals surface area contributed by atoms with Gasteiger partial charge in [-0.3, -0.25) is 4.79 Å². The van der Waals surface area contributed by atoms with E-state index in [0.29, 0.717) is 21.6 Å². The Labute approximate surface area is 155 Å². The van der Waals surface area contributed by atoms with Crippen LogP contribution in [0.1, 0.15) is 5.56 Å². The maximum atomic E-state index is 12.3. The van der Waals surface area contributed by atoms with Gasteiger partial charge in [-0.25, -0.2) is 4.99 Å². The van der Waals surface area contributed by atoms with Crippen LogP contribution in [0.25, 0.3) is 6.08 Å². The fourth-order valence-corrected chi connectivity index (χ4v) is 3.25. The van der Waals surface area contributed by atoms with Crippen molar-refractivity contribution in [2.24, 2.45) is 4.99 Å². The summed E-state index contributed by atoms with van der Waals surface area (Å²) in [5.41, 5.74) is 1.49. The topological polar surface area (TPSA) is 69.2 Å². The van der Waals surface area contributed by atoms with E-state index < -0.39 is 0 Å². The molecule has 6 nitrogen and oxygen atoms in total. The van der Waals surface area contributed by atoms with E-state index in [1.165, 1.54) is 11.8 Å². The van der Waals surface area contributed by atoms with E-state index in [4.69, 9.17) is 14.2 Å². The highest BCUT2D eigenvalue weighted by Crippen LogP contribution is 2.35. The molecule has 1 fully saturated rings. The first-order valence-corrected chi connectivity index (χ1v) is 8.61. The van der Waals surface area contributed by atoms with Crippen LogP contribution in [0.15, 0.2) is 52.4 Å². The number of para-hydroxylation sites is 1. The molecule has 0 spiro atoms.